The second-order valence-electron chi connectivity index (χ2n) is 2.64. The Bertz CT molecular complexity index is 178. The summed E-state index contributed by atoms with van der Waals surface area (Å²) in [7, 11) is 0. The van der Waals surface area contributed by atoms with Gasteiger partial charge in [-0.05, 0) is 0 Å². The summed E-state index contributed by atoms with van der Waals surface area (Å²) < 4.78 is 4.79. The van der Waals surface area contributed by atoms with E-state index in [4.69, 9.17) is 11.2 Å². The van der Waals surface area contributed by atoms with Crippen molar-refractivity contribution in [3.8, 4) is 12.3 Å². The molecule has 54 valence electrons. The second kappa shape index (κ2) is 2.74. The maximum Gasteiger partial charge on any atom is 0.307 e. The lowest BCUT2D eigenvalue weighted by Crippen LogP contribution is -2.27. The molecule has 1 aliphatic rings. The van der Waals surface area contributed by atoms with Crippen LogP contribution in [0.5, 0.6) is 0 Å². The zero-order valence-electron chi connectivity index (χ0n) is 5.96. The van der Waals surface area contributed by atoms with E-state index in [0.29, 0.717) is 18.9 Å². The van der Waals surface area contributed by atoms with Crippen molar-refractivity contribution in [3.05, 3.63) is 0 Å². The highest BCUT2D eigenvalue weighted by molar-refractivity contribution is 5.71. The molecule has 2 heteroatoms. The number of rotatable bonds is 0. The summed E-state index contributed by atoms with van der Waals surface area (Å²) in [5.74, 6) is 2.82. The largest absolute Gasteiger partial charge is 0.465 e. The lowest BCUT2D eigenvalue weighted by Gasteiger charge is -2.23. The van der Waals surface area contributed by atoms with Gasteiger partial charge in [0.2, 0.25) is 0 Å². The number of hydrogen-bond donors (Lipinski definition) is 0. The first-order chi connectivity index (χ1) is 4.74. The SMILES string of the molecule is C#CC1CC(=O)OCC1C. The van der Waals surface area contributed by atoms with Crippen LogP contribution in [0.4, 0.5) is 0 Å². The minimum atomic E-state index is -0.166. The molecule has 10 heavy (non-hydrogen) atoms. The van der Waals surface area contributed by atoms with Gasteiger partial charge in [0, 0.05) is 11.8 Å². The van der Waals surface area contributed by atoms with Crippen LogP contribution >= 0.6 is 0 Å². The van der Waals surface area contributed by atoms with Gasteiger partial charge >= 0.3 is 5.97 Å². The van der Waals surface area contributed by atoms with Crippen LogP contribution in [0.15, 0.2) is 0 Å². The molecule has 2 unspecified atom stereocenters. The van der Waals surface area contributed by atoms with Crippen molar-refractivity contribution in [2.45, 2.75) is 13.3 Å². The van der Waals surface area contributed by atoms with E-state index < -0.39 is 0 Å². The van der Waals surface area contributed by atoms with Gasteiger partial charge < -0.3 is 4.74 Å². The minimum absolute atomic E-state index is 0.0845. The van der Waals surface area contributed by atoms with Crippen LogP contribution < -0.4 is 0 Å². The minimum Gasteiger partial charge on any atom is -0.465 e. The molecule has 1 fully saturated rings. The Kier molecular flexibility index (Phi) is 1.96. The molecule has 0 bridgehead atoms. The van der Waals surface area contributed by atoms with E-state index in [1.807, 2.05) is 6.92 Å². The van der Waals surface area contributed by atoms with Crippen LogP contribution in [0.2, 0.25) is 0 Å². The molecule has 0 aromatic rings. The van der Waals surface area contributed by atoms with Crippen LogP contribution in [-0.4, -0.2) is 12.6 Å². The number of carbonyl (C=O) groups is 1. The molecule has 0 aromatic carbocycles. The van der Waals surface area contributed by atoms with E-state index in [2.05, 4.69) is 5.92 Å². The van der Waals surface area contributed by atoms with Gasteiger partial charge in [-0.15, -0.1) is 12.3 Å². The van der Waals surface area contributed by atoms with Gasteiger partial charge in [-0.3, -0.25) is 4.79 Å². The van der Waals surface area contributed by atoms with Crippen molar-refractivity contribution in [1.82, 2.24) is 0 Å². The summed E-state index contributed by atoms with van der Waals surface area (Å²) in [5, 5.41) is 0. The number of esters is 1. The Labute approximate surface area is 60.6 Å². The van der Waals surface area contributed by atoms with Crippen molar-refractivity contribution >= 4 is 5.97 Å². The van der Waals surface area contributed by atoms with Gasteiger partial charge in [0.15, 0.2) is 0 Å². The fourth-order valence-corrected chi connectivity index (χ4v) is 1.00. The molecule has 0 spiro atoms. The lowest BCUT2D eigenvalue weighted by atomic mass is 9.91. The summed E-state index contributed by atoms with van der Waals surface area (Å²) in [6, 6.07) is 0. The van der Waals surface area contributed by atoms with Crippen LogP contribution in [0, 0.1) is 24.2 Å². The Balaban J connectivity index is 2.56. The Morgan fingerprint density at radius 1 is 1.80 bits per heavy atom. The first-order valence-corrected chi connectivity index (χ1v) is 3.36. The molecule has 0 saturated carbocycles. The zero-order valence-corrected chi connectivity index (χ0v) is 5.96. The summed E-state index contributed by atoms with van der Waals surface area (Å²) in [4.78, 5) is 10.7. The highest BCUT2D eigenvalue weighted by Gasteiger charge is 2.25. The Morgan fingerprint density at radius 3 is 3.00 bits per heavy atom. The molecule has 0 aliphatic carbocycles. The quantitative estimate of drug-likeness (QED) is 0.366. The third-order valence-electron chi connectivity index (χ3n) is 1.79. The molecule has 1 aliphatic heterocycles. The molecule has 1 heterocycles. The van der Waals surface area contributed by atoms with Gasteiger partial charge in [-0.25, -0.2) is 0 Å². The van der Waals surface area contributed by atoms with Crippen molar-refractivity contribution in [3.63, 3.8) is 0 Å². The molecule has 2 atom stereocenters. The van der Waals surface area contributed by atoms with Gasteiger partial charge in [0.05, 0.1) is 13.0 Å². The monoisotopic (exact) mass is 138 g/mol. The smallest absolute Gasteiger partial charge is 0.307 e. The van der Waals surface area contributed by atoms with Crippen LogP contribution in [0.3, 0.4) is 0 Å². The van der Waals surface area contributed by atoms with Crippen molar-refractivity contribution in [1.29, 1.82) is 0 Å². The zero-order chi connectivity index (χ0) is 7.56. The number of ether oxygens (including phenoxy) is 1. The first-order valence-electron chi connectivity index (χ1n) is 3.36. The fraction of sp³-hybridized carbons (Fsp3) is 0.625. The maximum absolute atomic E-state index is 10.7. The first kappa shape index (κ1) is 7.14. The van der Waals surface area contributed by atoms with E-state index in [9.17, 15) is 4.79 Å². The average molecular weight is 138 g/mol. The van der Waals surface area contributed by atoms with Gasteiger partial charge in [-0.2, -0.15) is 0 Å². The lowest BCUT2D eigenvalue weighted by molar-refractivity contribution is -0.150. The molecule has 1 rings (SSSR count). The highest BCUT2D eigenvalue weighted by Crippen LogP contribution is 2.20. The Morgan fingerprint density at radius 2 is 2.50 bits per heavy atom. The number of cyclic esters (lactones) is 1. The van der Waals surface area contributed by atoms with Crippen LogP contribution in [-0.2, 0) is 9.53 Å². The van der Waals surface area contributed by atoms with Crippen molar-refractivity contribution in [2.24, 2.45) is 11.8 Å². The molecule has 0 N–H and O–H groups in total. The van der Waals surface area contributed by atoms with Crippen LogP contribution in [0.25, 0.3) is 0 Å². The normalized spacial score (nSPS) is 32.6. The second-order valence-corrected chi connectivity index (χ2v) is 2.64. The summed E-state index contributed by atoms with van der Waals surface area (Å²) >= 11 is 0. The molecule has 0 aromatic heterocycles. The third-order valence-corrected chi connectivity index (χ3v) is 1.79. The summed E-state index contributed by atoms with van der Waals surface area (Å²) in [6.45, 7) is 2.48. The van der Waals surface area contributed by atoms with E-state index in [1.54, 1.807) is 0 Å². The predicted octanol–water partition coefficient (Wildman–Crippen LogP) is 0.819. The van der Waals surface area contributed by atoms with Crippen molar-refractivity contribution in [2.75, 3.05) is 6.61 Å². The van der Waals surface area contributed by atoms with E-state index in [1.165, 1.54) is 0 Å². The number of carbonyl (C=O) groups excluding carboxylic acids is 1. The van der Waals surface area contributed by atoms with Gasteiger partial charge in [0.1, 0.15) is 0 Å². The molecular weight excluding hydrogens is 128 g/mol. The summed E-state index contributed by atoms with van der Waals surface area (Å²) in [5.41, 5.74) is 0. The molecular formula is C8H10O2. The topological polar surface area (TPSA) is 26.3 Å². The fourth-order valence-electron chi connectivity index (χ4n) is 1.00. The number of hydrogen-bond acceptors (Lipinski definition) is 2. The van der Waals surface area contributed by atoms with E-state index >= 15 is 0 Å². The average Bonchev–Trinajstić information content (AvgIpc) is 1.94. The standard InChI is InChI=1S/C8H10O2/c1-3-7-4-8(9)10-5-6(7)2/h1,6-7H,4-5H2,2H3. The Hall–Kier alpha value is -0.970. The summed E-state index contributed by atoms with van der Waals surface area (Å²) in [6.07, 6.45) is 5.58. The van der Waals surface area contributed by atoms with Crippen molar-refractivity contribution < 1.29 is 9.53 Å². The molecule has 2 nitrogen and oxygen atoms in total. The van der Waals surface area contributed by atoms with Gasteiger partial charge in [0.25, 0.3) is 0 Å². The van der Waals surface area contributed by atoms with E-state index in [0.717, 1.165) is 0 Å². The third kappa shape index (κ3) is 1.30. The predicted molar refractivity (Wildman–Crippen MR) is 37.1 cm³/mol. The number of terminal acetylenes is 1. The van der Waals surface area contributed by atoms with E-state index in [-0.39, 0.29) is 11.9 Å². The maximum atomic E-state index is 10.7. The molecule has 0 radical (unpaired) electrons. The van der Waals surface area contributed by atoms with Crippen LogP contribution in [0.1, 0.15) is 13.3 Å². The molecule has 1 saturated heterocycles. The highest BCUT2D eigenvalue weighted by atomic mass is 16.5. The molecule has 0 amide bonds. The van der Waals surface area contributed by atoms with Gasteiger partial charge in [-0.1, -0.05) is 6.92 Å².